The lowest BCUT2D eigenvalue weighted by Gasteiger charge is -2.16. The molecule has 124 valence electrons. The van der Waals surface area contributed by atoms with E-state index in [-0.39, 0.29) is 36.3 Å². The van der Waals surface area contributed by atoms with Crippen LogP contribution in [-0.4, -0.2) is 58.7 Å². The highest BCUT2D eigenvalue weighted by Gasteiger charge is 2.11. The van der Waals surface area contributed by atoms with Gasteiger partial charge >= 0.3 is 0 Å². The van der Waals surface area contributed by atoms with Crippen LogP contribution in [0.4, 0.5) is 0 Å². The van der Waals surface area contributed by atoms with Gasteiger partial charge in [0.05, 0.1) is 25.5 Å². The Kier molecular flexibility index (Phi) is 11.1. The summed E-state index contributed by atoms with van der Waals surface area (Å²) < 4.78 is 27.1. The molecule has 0 spiro atoms. The molecule has 0 heterocycles. The van der Waals surface area contributed by atoms with Crippen molar-refractivity contribution >= 4 is 39.8 Å². The first-order valence-corrected chi connectivity index (χ1v) is 9.02. The summed E-state index contributed by atoms with van der Waals surface area (Å²) in [7, 11) is -2.94. The van der Waals surface area contributed by atoms with Crippen molar-refractivity contribution in [2.75, 3.05) is 38.3 Å². The van der Waals surface area contributed by atoms with Gasteiger partial charge in [0.15, 0.2) is 5.96 Å². The van der Waals surface area contributed by atoms with Crippen LogP contribution in [0.3, 0.4) is 0 Å². The van der Waals surface area contributed by atoms with Gasteiger partial charge in [-0.15, -0.1) is 24.0 Å². The number of nitrogens with one attached hydrogen (secondary N) is 2. The van der Waals surface area contributed by atoms with E-state index in [0.29, 0.717) is 19.2 Å². The quantitative estimate of drug-likeness (QED) is 0.197. The Morgan fingerprint density at radius 2 is 2.00 bits per heavy atom. The lowest BCUT2D eigenvalue weighted by atomic mass is 10.2. The second-order valence-electron chi connectivity index (χ2n) is 4.79. The molecule has 1 aliphatic carbocycles. The van der Waals surface area contributed by atoms with Crippen LogP contribution in [-0.2, 0) is 14.6 Å². The van der Waals surface area contributed by atoms with E-state index in [4.69, 9.17) is 4.74 Å². The number of hydrogen-bond donors (Lipinski definition) is 2. The summed E-state index contributed by atoms with van der Waals surface area (Å²) in [6.07, 6.45) is 7.58. The number of hydrogen-bond acceptors (Lipinski definition) is 4. The third-order valence-corrected chi connectivity index (χ3v) is 3.71. The molecule has 6 nitrogen and oxygen atoms in total. The Morgan fingerprint density at radius 3 is 2.57 bits per heavy atom. The summed E-state index contributed by atoms with van der Waals surface area (Å²) in [5, 5.41) is 6.54. The van der Waals surface area contributed by atoms with Crippen LogP contribution in [0.15, 0.2) is 17.1 Å². The predicted octanol–water partition coefficient (Wildman–Crippen LogP) is 0.939. The van der Waals surface area contributed by atoms with Gasteiger partial charge in [0.2, 0.25) is 0 Å². The molecule has 0 saturated carbocycles. The first-order valence-electron chi connectivity index (χ1n) is 6.96. The van der Waals surface area contributed by atoms with Gasteiger partial charge in [-0.25, -0.2) is 8.42 Å². The third-order valence-electron chi connectivity index (χ3n) is 2.80. The zero-order valence-electron chi connectivity index (χ0n) is 12.7. The molecule has 0 aliphatic heterocycles. The largest absolute Gasteiger partial charge is 0.378 e. The van der Waals surface area contributed by atoms with Crippen molar-refractivity contribution in [3.8, 4) is 0 Å². The molecule has 0 unspecified atom stereocenters. The lowest BCUT2D eigenvalue weighted by molar-refractivity contribution is 0.157. The summed E-state index contributed by atoms with van der Waals surface area (Å²) in [6.45, 7) is 3.99. The lowest BCUT2D eigenvalue weighted by Crippen LogP contribution is -2.42. The Hall–Kier alpha value is -0.350. The normalized spacial score (nSPS) is 15.8. The molecule has 0 radical (unpaired) electrons. The molecular weight excluding hydrogens is 405 g/mol. The van der Waals surface area contributed by atoms with E-state index in [1.54, 1.807) is 0 Å². The van der Waals surface area contributed by atoms with Gasteiger partial charge < -0.3 is 15.4 Å². The van der Waals surface area contributed by atoms with E-state index in [2.05, 4.69) is 27.8 Å². The smallest absolute Gasteiger partial charge is 0.191 e. The second-order valence-corrected chi connectivity index (χ2v) is 7.05. The van der Waals surface area contributed by atoms with Crippen LogP contribution >= 0.6 is 24.0 Å². The van der Waals surface area contributed by atoms with E-state index in [0.717, 1.165) is 25.3 Å². The Labute approximate surface area is 144 Å². The number of rotatable bonds is 8. The number of halogens is 1. The monoisotopic (exact) mass is 431 g/mol. The fraction of sp³-hybridized carbons (Fsp3) is 0.769. The van der Waals surface area contributed by atoms with Crippen molar-refractivity contribution in [3.63, 3.8) is 0 Å². The van der Waals surface area contributed by atoms with Crippen LogP contribution in [0.25, 0.3) is 0 Å². The zero-order chi connectivity index (χ0) is 14.8. The van der Waals surface area contributed by atoms with Gasteiger partial charge in [0.1, 0.15) is 9.84 Å². The first-order chi connectivity index (χ1) is 9.51. The summed E-state index contributed by atoms with van der Waals surface area (Å²) in [6, 6.07) is 0.416. The summed E-state index contributed by atoms with van der Waals surface area (Å²) in [5.41, 5.74) is 0. The van der Waals surface area contributed by atoms with Crippen molar-refractivity contribution in [3.05, 3.63) is 12.2 Å². The fourth-order valence-electron chi connectivity index (χ4n) is 1.78. The number of guanidine groups is 1. The van der Waals surface area contributed by atoms with E-state index in [1.165, 1.54) is 6.26 Å². The Morgan fingerprint density at radius 1 is 1.33 bits per heavy atom. The molecule has 1 aliphatic rings. The molecular formula is C13H26IN3O3S. The highest BCUT2D eigenvalue weighted by molar-refractivity contribution is 14.0. The summed E-state index contributed by atoms with van der Waals surface area (Å²) in [4.78, 5) is 4.40. The van der Waals surface area contributed by atoms with Gasteiger partial charge in [-0.05, 0) is 19.8 Å². The van der Waals surface area contributed by atoms with Crippen molar-refractivity contribution in [1.82, 2.24) is 10.6 Å². The van der Waals surface area contributed by atoms with Crippen LogP contribution in [0.1, 0.15) is 19.8 Å². The minimum absolute atomic E-state index is 0. The third kappa shape index (κ3) is 10.9. The van der Waals surface area contributed by atoms with Crippen molar-refractivity contribution in [1.29, 1.82) is 0 Å². The van der Waals surface area contributed by atoms with E-state index < -0.39 is 9.84 Å². The van der Waals surface area contributed by atoms with Crippen LogP contribution in [0.5, 0.6) is 0 Å². The van der Waals surface area contributed by atoms with Gasteiger partial charge in [0, 0.05) is 18.8 Å². The highest BCUT2D eigenvalue weighted by Crippen LogP contribution is 2.08. The first kappa shape index (κ1) is 20.6. The maximum Gasteiger partial charge on any atom is 0.191 e. The maximum absolute atomic E-state index is 10.9. The molecule has 0 saturated heterocycles. The molecule has 2 N–H and O–H groups in total. The van der Waals surface area contributed by atoms with E-state index >= 15 is 0 Å². The average Bonchev–Trinajstić information content (AvgIpc) is 2.85. The molecule has 0 aromatic carbocycles. The number of sulfone groups is 1. The molecule has 0 aromatic rings. The Bertz CT molecular complexity index is 430. The minimum Gasteiger partial charge on any atom is -0.378 e. The molecule has 0 aromatic heterocycles. The molecule has 0 fully saturated rings. The average molecular weight is 431 g/mol. The number of nitrogens with zero attached hydrogens (tertiary/aromatic N) is 1. The van der Waals surface area contributed by atoms with Gasteiger partial charge in [-0.3, -0.25) is 4.99 Å². The van der Waals surface area contributed by atoms with Crippen LogP contribution < -0.4 is 10.6 Å². The second kappa shape index (κ2) is 11.2. The Balaban J connectivity index is 0.00000400. The number of ether oxygens (including phenoxy) is 1. The number of aliphatic imine (C=N–C) groups is 1. The standard InChI is InChI=1S/C13H25N3O3S.HI/c1-3-14-13(16-12-6-4-5-7-12)15-8-9-19-10-11-20(2,17)18;/h4-5,12H,3,6-11H2,1-2H3,(H2,14,15,16);1H. The predicted molar refractivity (Wildman–Crippen MR) is 97.2 cm³/mol. The van der Waals surface area contributed by atoms with Gasteiger partial charge in [0.25, 0.3) is 0 Å². The van der Waals surface area contributed by atoms with Crippen LogP contribution in [0, 0.1) is 0 Å². The molecule has 21 heavy (non-hydrogen) atoms. The fourth-order valence-corrected chi connectivity index (χ4v) is 2.20. The molecule has 0 atom stereocenters. The zero-order valence-corrected chi connectivity index (χ0v) is 15.8. The summed E-state index contributed by atoms with van der Waals surface area (Å²) in [5.74, 6) is 0.843. The SMILES string of the molecule is CCNC(=NCCOCCS(C)(=O)=O)NC1CC=CC1.I. The molecule has 1 rings (SSSR count). The highest BCUT2D eigenvalue weighted by atomic mass is 127. The molecule has 0 bridgehead atoms. The molecule has 8 heteroatoms. The summed E-state index contributed by atoms with van der Waals surface area (Å²) >= 11 is 0. The minimum atomic E-state index is -2.94. The van der Waals surface area contributed by atoms with Gasteiger partial charge in [-0.1, -0.05) is 12.2 Å². The molecule has 0 amide bonds. The van der Waals surface area contributed by atoms with Crippen molar-refractivity contribution in [2.45, 2.75) is 25.8 Å². The maximum atomic E-state index is 10.9. The topological polar surface area (TPSA) is 79.8 Å². The van der Waals surface area contributed by atoms with Crippen LogP contribution in [0.2, 0.25) is 0 Å². The van der Waals surface area contributed by atoms with E-state index in [9.17, 15) is 8.42 Å². The van der Waals surface area contributed by atoms with Crippen molar-refractivity contribution < 1.29 is 13.2 Å². The van der Waals surface area contributed by atoms with Gasteiger partial charge in [-0.2, -0.15) is 0 Å². The van der Waals surface area contributed by atoms with Crippen molar-refractivity contribution in [2.24, 2.45) is 4.99 Å². The van der Waals surface area contributed by atoms with E-state index in [1.807, 2.05) is 6.92 Å².